The van der Waals surface area contributed by atoms with Crippen molar-refractivity contribution in [1.29, 1.82) is 0 Å². The molecule has 1 fully saturated rings. The second-order valence-corrected chi connectivity index (χ2v) is 7.88. The minimum atomic E-state index is -2.60. The number of nitrogens with zero attached hydrogens (tertiary/aromatic N) is 3. The predicted octanol–water partition coefficient (Wildman–Crippen LogP) is 5.26. The van der Waals surface area contributed by atoms with Crippen LogP contribution >= 0.6 is 0 Å². The van der Waals surface area contributed by atoms with Crippen molar-refractivity contribution in [2.45, 2.75) is 45.6 Å². The number of alkyl halides is 2. The minimum Gasteiger partial charge on any atom is -0.493 e. The summed E-state index contributed by atoms with van der Waals surface area (Å²) in [6, 6.07) is 7.49. The maximum atomic E-state index is 13.7. The van der Waals surface area contributed by atoms with E-state index in [-0.39, 0.29) is 17.2 Å². The first-order valence-corrected chi connectivity index (χ1v) is 10.6. The van der Waals surface area contributed by atoms with E-state index in [0.29, 0.717) is 29.1 Å². The number of methoxy groups -OCH3 is 1. The van der Waals surface area contributed by atoms with Crippen LogP contribution in [0.1, 0.15) is 54.6 Å². The number of likely N-dealkylation sites (tertiary alicyclic amines) is 1. The Morgan fingerprint density at radius 1 is 1.26 bits per heavy atom. The summed E-state index contributed by atoms with van der Waals surface area (Å²) >= 11 is 0. The van der Waals surface area contributed by atoms with Crippen LogP contribution in [0.15, 0.2) is 28.8 Å². The molecule has 2 aromatic heterocycles. The van der Waals surface area contributed by atoms with E-state index in [9.17, 15) is 8.78 Å². The Hall–Kier alpha value is -2.74. The zero-order chi connectivity index (χ0) is 22.0. The zero-order valence-electron chi connectivity index (χ0n) is 18.0. The van der Waals surface area contributed by atoms with Gasteiger partial charge in [0.05, 0.1) is 24.8 Å². The molecule has 31 heavy (non-hydrogen) atoms. The highest BCUT2D eigenvalue weighted by Crippen LogP contribution is 2.35. The number of ether oxygens (including phenoxy) is 2. The number of hydrogen-bond acceptors (Lipinski definition) is 6. The van der Waals surface area contributed by atoms with Crippen LogP contribution < -0.4 is 9.47 Å². The lowest BCUT2D eigenvalue weighted by atomic mass is 9.92. The SMILES string of the molecule is CCOc1ccc(CN2CCCC(c3cc(C(F)F)c4c(C)noc4n3)C2)cc1OC. The molecule has 1 aliphatic rings. The number of aryl methyl sites for hydroxylation is 1. The Kier molecular flexibility index (Phi) is 6.36. The summed E-state index contributed by atoms with van der Waals surface area (Å²) < 4.78 is 43.7. The number of rotatable bonds is 7. The smallest absolute Gasteiger partial charge is 0.264 e. The van der Waals surface area contributed by atoms with Gasteiger partial charge in [-0.25, -0.2) is 13.8 Å². The van der Waals surface area contributed by atoms with Crippen molar-refractivity contribution in [1.82, 2.24) is 15.0 Å². The van der Waals surface area contributed by atoms with Crippen molar-refractivity contribution in [2.75, 3.05) is 26.8 Å². The Balaban J connectivity index is 1.54. The molecular weight excluding hydrogens is 404 g/mol. The van der Waals surface area contributed by atoms with E-state index in [1.54, 1.807) is 14.0 Å². The molecule has 166 valence electrons. The monoisotopic (exact) mass is 431 g/mol. The van der Waals surface area contributed by atoms with E-state index in [0.717, 1.165) is 43.8 Å². The van der Waals surface area contributed by atoms with Crippen molar-refractivity contribution in [3.63, 3.8) is 0 Å². The lowest BCUT2D eigenvalue weighted by Gasteiger charge is -2.32. The van der Waals surface area contributed by atoms with Gasteiger partial charge < -0.3 is 14.0 Å². The molecule has 6 nitrogen and oxygen atoms in total. The van der Waals surface area contributed by atoms with E-state index >= 15 is 0 Å². The molecule has 0 N–H and O–H groups in total. The zero-order valence-corrected chi connectivity index (χ0v) is 18.0. The topological polar surface area (TPSA) is 60.6 Å². The third-order valence-electron chi connectivity index (χ3n) is 5.76. The number of fused-ring (bicyclic) bond motifs is 1. The number of benzene rings is 1. The van der Waals surface area contributed by atoms with Gasteiger partial charge in [-0.2, -0.15) is 0 Å². The largest absolute Gasteiger partial charge is 0.493 e. The lowest BCUT2D eigenvalue weighted by Crippen LogP contribution is -2.34. The normalized spacial score (nSPS) is 17.4. The molecule has 0 radical (unpaired) electrons. The highest BCUT2D eigenvalue weighted by Gasteiger charge is 2.27. The van der Waals surface area contributed by atoms with Gasteiger partial charge in [0.15, 0.2) is 11.5 Å². The number of pyridine rings is 1. The fourth-order valence-electron chi connectivity index (χ4n) is 4.31. The van der Waals surface area contributed by atoms with Gasteiger partial charge in [-0.05, 0) is 57.0 Å². The molecule has 0 amide bonds. The first-order valence-electron chi connectivity index (χ1n) is 10.6. The molecule has 1 atom stereocenters. The predicted molar refractivity (Wildman–Crippen MR) is 113 cm³/mol. The van der Waals surface area contributed by atoms with Gasteiger partial charge in [0.1, 0.15) is 0 Å². The Morgan fingerprint density at radius 2 is 2.10 bits per heavy atom. The molecule has 3 heterocycles. The van der Waals surface area contributed by atoms with Crippen molar-refractivity contribution in [3.05, 3.63) is 46.8 Å². The third-order valence-corrected chi connectivity index (χ3v) is 5.76. The number of aromatic nitrogens is 2. The maximum absolute atomic E-state index is 13.7. The second-order valence-electron chi connectivity index (χ2n) is 7.88. The number of halogens is 2. The van der Waals surface area contributed by atoms with E-state index in [1.165, 1.54) is 6.07 Å². The average molecular weight is 431 g/mol. The molecule has 4 rings (SSSR count). The van der Waals surface area contributed by atoms with Crippen LogP contribution in [-0.4, -0.2) is 41.8 Å². The standard InChI is InChI=1S/C23H27F2N3O3/c1-4-30-19-8-7-15(10-20(19)29-3)12-28-9-5-6-16(13-28)18-11-17(22(24)25)21-14(2)27-31-23(21)26-18/h7-8,10-11,16,22H,4-6,9,12-13H2,1-3H3. The summed E-state index contributed by atoms with van der Waals surface area (Å²) in [4.78, 5) is 6.86. The van der Waals surface area contributed by atoms with Crippen molar-refractivity contribution < 1.29 is 22.8 Å². The van der Waals surface area contributed by atoms with Crippen LogP contribution in [0.3, 0.4) is 0 Å². The van der Waals surface area contributed by atoms with Gasteiger partial charge in [-0.3, -0.25) is 4.90 Å². The van der Waals surface area contributed by atoms with E-state index in [1.807, 2.05) is 25.1 Å². The summed E-state index contributed by atoms with van der Waals surface area (Å²) in [6.07, 6.45) is -0.728. The highest BCUT2D eigenvalue weighted by atomic mass is 19.3. The van der Waals surface area contributed by atoms with Crippen LogP contribution in [0.2, 0.25) is 0 Å². The fourth-order valence-corrected chi connectivity index (χ4v) is 4.31. The van der Waals surface area contributed by atoms with Crippen LogP contribution in [0, 0.1) is 6.92 Å². The lowest BCUT2D eigenvalue weighted by molar-refractivity contribution is 0.152. The van der Waals surface area contributed by atoms with Gasteiger partial charge in [0.2, 0.25) is 0 Å². The summed E-state index contributed by atoms with van der Waals surface area (Å²) in [6.45, 7) is 6.59. The van der Waals surface area contributed by atoms with Crippen molar-refractivity contribution in [2.24, 2.45) is 0 Å². The summed E-state index contributed by atoms with van der Waals surface area (Å²) in [5, 5.41) is 4.16. The molecule has 1 unspecified atom stereocenters. The third kappa shape index (κ3) is 4.49. The van der Waals surface area contributed by atoms with Crippen molar-refractivity contribution in [3.8, 4) is 11.5 Å². The second kappa shape index (κ2) is 9.18. The Labute approximate surface area is 180 Å². The molecule has 0 spiro atoms. The van der Waals surface area contributed by atoms with E-state index < -0.39 is 6.43 Å². The van der Waals surface area contributed by atoms with Gasteiger partial charge in [-0.1, -0.05) is 11.2 Å². The van der Waals surface area contributed by atoms with Crippen molar-refractivity contribution >= 4 is 11.1 Å². The van der Waals surface area contributed by atoms with Crippen LogP contribution in [0.5, 0.6) is 11.5 Å². The maximum Gasteiger partial charge on any atom is 0.264 e. The highest BCUT2D eigenvalue weighted by molar-refractivity contribution is 5.80. The molecular formula is C23H27F2N3O3. The minimum absolute atomic E-state index is 0.0490. The quantitative estimate of drug-likeness (QED) is 0.509. The molecule has 3 aromatic rings. The van der Waals surface area contributed by atoms with Gasteiger partial charge in [-0.15, -0.1) is 0 Å². The molecule has 1 saturated heterocycles. The first-order chi connectivity index (χ1) is 15.0. The number of piperidine rings is 1. The molecule has 1 aromatic carbocycles. The van der Waals surface area contributed by atoms with Crippen LogP contribution in [-0.2, 0) is 6.54 Å². The molecule has 0 saturated carbocycles. The molecule has 8 heteroatoms. The Morgan fingerprint density at radius 3 is 2.84 bits per heavy atom. The number of hydrogen-bond donors (Lipinski definition) is 0. The molecule has 0 bridgehead atoms. The molecule has 1 aliphatic heterocycles. The van der Waals surface area contributed by atoms with Crippen LogP contribution in [0.4, 0.5) is 8.78 Å². The van der Waals surface area contributed by atoms with Crippen LogP contribution in [0.25, 0.3) is 11.1 Å². The fraction of sp³-hybridized carbons (Fsp3) is 0.478. The van der Waals surface area contributed by atoms with Gasteiger partial charge in [0, 0.05) is 30.3 Å². The van der Waals surface area contributed by atoms with Gasteiger partial charge in [0.25, 0.3) is 12.1 Å². The summed E-state index contributed by atoms with van der Waals surface area (Å²) in [7, 11) is 1.63. The van der Waals surface area contributed by atoms with Gasteiger partial charge >= 0.3 is 0 Å². The summed E-state index contributed by atoms with van der Waals surface area (Å²) in [5.41, 5.74) is 2.35. The Bertz CT molecular complexity index is 1050. The average Bonchev–Trinajstić information content (AvgIpc) is 3.15. The summed E-state index contributed by atoms with van der Waals surface area (Å²) in [5.74, 6) is 1.50. The van der Waals surface area contributed by atoms with E-state index in [2.05, 4.69) is 15.0 Å². The van der Waals surface area contributed by atoms with E-state index in [4.69, 9.17) is 14.0 Å². The first kappa shape index (κ1) is 21.5. The molecule has 0 aliphatic carbocycles.